The summed E-state index contributed by atoms with van der Waals surface area (Å²) in [4.78, 5) is 5.08. The first-order chi connectivity index (χ1) is 20.8. The van der Waals surface area contributed by atoms with Crippen LogP contribution in [0.25, 0.3) is 21.5 Å². The van der Waals surface area contributed by atoms with Crippen LogP contribution in [0.15, 0.2) is 158 Å². The lowest BCUT2D eigenvalue weighted by molar-refractivity contribution is 0.279. The highest BCUT2D eigenvalue weighted by Gasteiger charge is 2.11. The zero-order chi connectivity index (χ0) is 28.4. The number of nitrogens with zero attached hydrogens (tertiary/aromatic N) is 2. The lowest BCUT2D eigenvalue weighted by atomic mass is 10.0. The van der Waals surface area contributed by atoms with E-state index >= 15 is 0 Å². The second-order valence-corrected chi connectivity index (χ2v) is 11.1. The van der Waals surface area contributed by atoms with Gasteiger partial charge in [-0.2, -0.15) is 0 Å². The highest BCUT2D eigenvalue weighted by atomic mass is 15.1. The van der Waals surface area contributed by atoms with E-state index in [1.807, 2.05) is 0 Å². The molecule has 0 atom stereocenters. The highest BCUT2D eigenvalue weighted by Crippen LogP contribution is 2.22. The normalized spacial score (nSPS) is 11.8. The minimum Gasteiger partial charge on any atom is -0.291 e. The second kappa shape index (κ2) is 13.9. The molecule has 0 aliphatic carbocycles. The van der Waals surface area contributed by atoms with Crippen LogP contribution in [0.1, 0.15) is 22.3 Å². The van der Waals surface area contributed by atoms with E-state index in [4.69, 9.17) is 0 Å². The maximum absolute atomic E-state index is 2.54. The summed E-state index contributed by atoms with van der Waals surface area (Å²) < 4.78 is 0. The molecule has 0 N–H and O–H groups in total. The SMILES string of the molecule is C(=C\CN(Cc1ccccc1)Cc1cccc2ccccc12)/CN(Cc1ccccc1)Cc1cccc2ccccc12. The Morgan fingerprint density at radius 2 is 0.738 bits per heavy atom. The number of rotatable bonds is 12. The molecule has 208 valence electrons. The molecule has 42 heavy (non-hydrogen) atoms. The van der Waals surface area contributed by atoms with E-state index in [-0.39, 0.29) is 0 Å². The van der Waals surface area contributed by atoms with Gasteiger partial charge in [0.25, 0.3) is 0 Å². The molecule has 0 spiro atoms. The monoisotopic (exact) mass is 546 g/mol. The molecule has 0 amide bonds. The standard InChI is InChI=1S/C40H38N2/c1-3-15-33(16-4-1)29-41(31-37-23-13-21-35-19-7-9-25-39(35)37)27-11-12-28-42(30-34-17-5-2-6-18-34)32-38-24-14-22-36-20-8-10-26-40(36)38/h1-26H,27-32H2/b12-11+. The Labute approximate surface area is 250 Å². The van der Waals surface area contributed by atoms with Gasteiger partial charge in [-0.05, 0) is 43.8 Å². The van der Waals surface area contributed by atoms with Crippen molar-refractivity contribution in [3.8, 4) is 0 Å². The van der Waals surface area contributed by atoms with Crippen LogP contribution in [-0.4, -0.2) is 22.9 Å². The van der Waals surface area contributed by atoms with Crippen molar-refractivity contribution in [2.75, 3.05) is 13.1 Å². The Bertz CT molecular complexity index is 1600. The van der Waals surface area contributed by atoms with Gasteiger partial charge in [0, 0.05) is 39.3 Å². The predicted molar refractivity (Wildman–Crippen MR) is 178 cm³/mol. The van der Waals surface area contributed by atoms with E-state index in [2.05, 4.69) is 168 Å². The molecule has 0 aromatic heterocycles. The molecule has 6 aromatic rings. The van der Waals surface area contributed by atoms with E-state index in [0.29, 0.717) is 0 Å². The maximum Gasteiger partial charge on any atom is 0.0246 e. The fourth-order valence-corrected chi connectivity index (χ4v) is 5.84. The van der Waals surface area contributed by atoms with Gasteiger partial charge in [0.2, 0.25) is 0 Å². The predicted octanol–water partition coefficient (Wildman–Crippen LogP) is 9.25. The first-order valence-corrected chi connectivity index (χ1v) is 14.9. The summed E-state index contributed by atoms with van der Waals surface area (Å²) in [5.41, 5.74) is 5.43. The molecule has 0 fully saturated rings. The topological polar surface area (TPSA) is 6.48 Å². The van der Waals surface area contributed by atoms with Crippen molar-refractivity contribution in [3.63, 3.8) is 0 Å². The first kappa shape index (κ1) is 27.7. The molecule has 0 bridgehead atoms. The van der Waals surface area contributed by atoms with Crippen molar-refractivity contribution in [1.82, 2.24) is 9.80 Å². The van der Waals surface area contributed by atoms with E-state index in [1.165, 1.54) is 43.8 Å². The zero-order valence-corrected chi connectivity index (χ0v) is 24.1. The lowest BCUT2D eigenvalue weighted by Gasteiger charge is -2.23. The summed E-state index contributed by atoms with van der Waals surface area (Å²) >= 11 is 0. The van der Waals surface area contributed by atoms with Crippen molar-refractivity contribution in [2.45, 2.75) is 26.2 Å². The van der Waals surface area contributed by atoms with Crippen LogP contribution in [0.2, 0.25) is 0 Å². The van der Waals surface area contributed by atoms with Crippen molar-refractivity contribution in [1.29, 1.82) is 0 Å². The lowest BCUT2D eigenvalue weighted by Crippen LogP contribution is -2.25. The van der Waals surface area contributed by atoms with Gasteiger partial charge in [0.05, 0.1) is 0 Å². The molecule has 2 nitrogen and oxygen atoms in total. The Morgan fingerprint density at radius 1 is 0.357 bits per heavy atom. The largest absolute Gasteiger partial charge is 0.291 e. The minimum absolute atomic E-state index is 0.894. The highest BCUT2D eigenvalue weighted by molar-refractivity contribution is 5.86. The zero-order valence-electron chi connectivity index (χ0n) is 24.1. The van der Waals surface area contributed by atoms with Crippen LogP contribution in [0, 0.1) is 0 Å². The molecule has 2 heteroatoms. The van der Waals surface area contributed by atoms with Gasteiger partial charge in [-0.1, -0.05) is 158 Å². The molecule has 0 unspecified atom stereocenters. The quantitative estimate of drug-likeness (QED) is 0.141. The van der Waals surface area contributed by atoms with Gasteiger partial charge in [0.1, 0.15) is 0 Å². The Balaban J connectivity index is 1.20. The molecule has 0 aliphatic rings. The molecule has 0 radical (unpaired) electrons. The molecule has 0 heterocycles. The number of hydrogen-bond donors (Lipinski definition) is 0. The van der Waals surface area contributed by atoms with Crippen molar-refractivity contribution >= 4 is 21.5 Å². The molecule has 6 rings (SSSR count). The van der Waals surface area contributed by atoms with Crippen LogP contribution in [-0.2, 0) is 26.2 Å². The molecule has 0 aliphatic heterocycles. The first-order valence-electron chi connectivity index (χ1n) is 14.9. The van der Waals surface area contributed by atoms with Crippen LogP contribution < -0.4 is 0 Å². The van der Waals surface area contributed by atoms with Crippen LogP contribution in [0.4, 0.5) is 0 Å². The van der Waals surface area contributed by atoms with Crippen molar-refractivity contribution < 1.29 is 0 Å². The fraction of sp³-hybridized carbons (Fsp3) is 0.150. The van der Waals surface area contributed by atoms with E-state index < -0.39 is 0 Å². The van der Waals surface area contributed by atoms with E-state index in [1.54, 1.807) is 0 Å². The third-order valence-electron chi connectivity index (χ3n) is 7.94. The van der Waals surface area contributed by atoms with E-state index in [9.17, 15) is 0 Å². The molecule has 6 aromatic carbocycles. The third-order valence-corrected chi connectivity index (χ3v) is 7.94. The summed E-state index contributed by atoms with van der Waals surface area (Å²) in [6.45, 7) is 5.43. The van der Waals surface area contributed by atoms with Gasteiger partial charge in [-0.25, -0.2) is 0 Å². The van der Waals surface area contributed by atoms with E-state index in [0.717, 1.165) is 39.3 Å². The second-order valence-electron chi connectivity index (χ2n) is 11.1. The summed E-state index contributed by atoms with van der Waals surface area (Å²) in [6.07, 6.45) is 4.71. The van der Waals surface area contributed by atoms with Crippen LogP contribution in [0.3, 0.4) is 0 Å². The van der Waals surface area contributed by atoms with Gasteiger partial charge >= 0.3 is 0 Å². The molecule has 0 saturated heterocycles. The molecule has 0 saturated carbocycles. The van der Waals surface area contributed by atoms with Gasteiger partial charge in [0.15, 0.2) is 0 Å². The summed E-state index contributed by atoms with van der Waals surface area (Å²) in [6, 6.07) is 52.4. The average Bonchev–Trinajstić information content (AvgIpc) is 3.04. The van der Waals surface area contributed by atoms with Gasteiger partial charge in [-0.15, -0.1) is 0 Å². The molecular formula is C40H38N2. The van der Waals surface area contributed by atoms with Crippen LogP contribution in [0.5, 0.6) is 0 Å². The number of hydrogen-bond acceptors (Lipinski definition) is 2. The van der Waals surface area contributed by atoms with Crippen molar-refractivity contribution in [3.05, 3.63) is 180 Å². The van der Waals surface area contributed by atoms with Crippen LogP contribution >= 0.6 is 0 Å². The van der Waals surface area contributed by atoms with Crippen molar-refractivity contribution in [2.24, 2.45) is 0 Å². The summed E-state index contributed by atoms with van der Waals surface area (Å²) in [7, 11) is 0. The van der Waals surface area contributed by atoms with Gasteiger partial charge in [-0.3, -0.25) is 9.80 Å². The Hall–Kier alpha value is -4.50. The number of benzene rings is 6. The summed E-state index contributed by atoms with van der Waals surface area (Å²) in [5, 5.41) is 5.28. The van der Waals surface area contributed by atoms with Gasteiger partial charge < -0.3 is 0 Å². The fourth-order valence-electron chi connectivity index (χ4n) is 5.84. The molecular weight excluding hydrogens is 508 g/mol. The average molecular weight is 547 g/mol. The minimum atomic E-state index is 0.894. The number of fused-ring (bicyclic) bond motifs is 2. The maximum atomic E-state index is 2.54. The smallest absolute Gasteiger partial charge is 0.0246 e. The Morgan fingerprint density at radius 3 is 1.19 bits per heavy atom. The third kappa shape index (κ3) is 7.22. The Kier molecular flexibility index (Phi) is 9.16. The summed E-state index contributed by atoms with van der Waals surface area (Å²) in [5.74, 6) is 0.